The molecule has 1 aromatic carbocycles. The van der Waals surface area contributed by atoms with Crippen molar-refractivity contribution in [3.8, 4) is 5.75 Å². The van der Waals surface area contributed by atoms with Crippen molar-refractivity contribution < 1.29 is 14.5 Å². The third-order valence-corrected chi connectivity index (χ3v) is 5.04. The average molecular weight is 318 g/mol. The van der Waals surface area contributed by atoms with E-state index in [2.05, 4.69) is 6.92 Å². The molecule has 2 aliphatic rings. The SMILES string of the molecule is CC1CC2CCCCC2N1C(=O)COc1ccc([N+](=O)[O-])cc1. The van der Waals surface area contributed by atoms with Crippen molar-refractivity contribution in [2.24, 2.45) is 5.92 Å². The van der Waals surface area contributed by atoms with E-state index in [1.54, 1.807) is 0 Å². The number of carbonyl (C=O) groups is 1. The minimum Gasteiger partial charge on any atom is -0.484 e. The minimum atomic E-state index is -0.454. The third kappa shape index (κ3) is 3.30. The summed E-state index contributed by atoms with van der Waals surface area (Å²) in [5.41, 5.74) is 0.0156. The van der Waals surface area contributed by atoms with Gasteiger partial charge in [-0.25, -0.2) is 0 Å². The van der Waals surface area contributed by atoms with Crippen LogP contribution in [0.5, 0.6) is 5.75 Å². The van der Waals surface area contributed by atoms with E-state index in [1.165, 1.54) is 43.5 Å². The summed E-state index contributed by atoms with van der Waals surface area (Å²) in [4.78, 5) is 24.7. The number of hydrogen-bond donors (Lipinski definition) is 0. The van der Waals surface area contributed by atoms with Crippen molar-refractivity contribution in [2.45, 2.75) is 51.1 Å². The van der Waals surface area contributed by atoms with Gasteiger partial charge in [0, 0.05) is 24.2 Å². The lowest BCUT2D eigenvalue weighted by Crippen LogP contribution is -2.44. The molecule has 1 saturated heterocycles. The first-order chi connectivity index (χ1) is 11.1. The number of benzene rings is 1. The van der Waals surface area contributed by atoms with Crippen LogP contribution in [0.4, 0.5) is 5.69 Å². The fraction of sp³-hybridized carbons (Fsp3) is 0.588. The van der Waals surface area contributed by atoms with Crippen molar-refractivity contribution in [1.82, 2.24) is 4.90 Å². The summed E-state index contributed by atoms with van der Waals surface area (Å²) in [6.07, 6.45) is 5.88. The molecule has 0 aromatic heterocycles. The Balaban J connectivity index is 1.59. The summed E-state index contributed by atoms with van der Waals surface area (Å²) < 4.78 is 5.53. The Hall–Kier alpha value is -2.11. The first kappa shape index (κ1) is 15.8. The van der Waals surface area contributed by atoms with Gasteiger partial charge in [-0.3, -0.25) is 14.9 Å². The molecule has 1 aliphatic heterocycles. The average Bonchev–Trinajstić information content (AvgIpc) is 2.88. The van der Waals surface area contributed by atoms with Crippen LogP contribution in [-0.2, 0) is 4.79 Å². The molecule has 1 saturated carbocycles. The number of fused-ring (bicyclic) bond motifs is 1. The molecule has 0 spiro atoms. The van der Waals surface area contributed by atoms with Crippen molar-refractivity contribution in [3.05, 3.63) is 34.4 Å². The Kier molecular flexibility index (Phi) is 4.50. The lowest BCUT2D eigenvalue weighted by Gasteiger charge is -2.33. The normalized spacial score (nSPS) is 26.7. The fourth-order valence-electron chi connectivity index (χ4n) is 4.02. The molecule has 1 amide bonds. The van der Waals surface area contributed by atoms with Crippen molar-refractivity contribution in [2.75, 3.05) is 6.61 Å². The Morgan fingerprint density at radius 2 is 2.00 bits per heavy atom. The zero-order valence-corrected chi connectivity index (χ0v) is 13.3. The van der Waals surface area contributed by atoms with Crippen LogP contribution in [-0.4, -0.2) is 34.4 Å². The molecule has 0 N–H and O–H groups in total. The Morgan fingerprint density at radius 3 is 2.70 bits per heavy atom. The first-order valence-corrected chi connectivity index (χ1v) is 8.24. The molecular weight excluding hydrogens is 296 g/mol. The molecule has 23 heavy (non-hydrogen) atoms. The molecule has 3 atom stereocenters. The molecule has 0 bridgehead atoms. The predicted molar refractivity (Wildman–Crippen MR) is 85.3 cm³/mol. The molecule has 6 nitrogen and oxygen atoms in total. The van der Waals surface area contributed by atoms with Gasteiger partial charge < -0.3 is 9.64 Å². The van der Waals surface area contributed by atoms with Gasteiger partial charge in [0.25, 0.3) is 11.6 Å². The van der Waals surface area contributed by atoms with Crippen molar-refractivity contribution in [3.63, 3.8) is 0 Å². The van der Waals surface area contributed by atoms with Gasteiger partial charge in [-0.1, -0.05) is 12.8 Å². The van der Waals surface area contributed by atoms with Crippen molar-refractivity contribution in [1.29, 1.82) is 0 Å². The molecule has 0 radical (unpaired) electrons. The highest BCUT2D eigenvalue weighted by atomic mass is 16.6. The summed E-state index contributed by atoms with van der Waals surface area (Å²) in [7, 11) is 0. The Labute approximate surface area is 135 Å². The topological polar surface area (TPSA) is 72.7 Å². The van der Waals surface area contributed by atoms with Crippen LogP contribution in [0.25, 0.3) is 0 Å². The number of carbonyl (C=O) groups excluding carboxylic acids is 1. The number of nitro benzene ring substituents is 1. The quantitative estimate of drug-likeness (QED) is 0.631. The van der Waals surface area contributed by atoms with Crippen LogP contribution in [0.3, 0.4) is 0 Å². The maximum Gasteiger partial charge on any atom is 0.269 e. The molecule has 2 fully saturated rings. The molecule has 1 heterocycles. The van der Waals surface area contributed by atoms with Gasteiger partial charge in [-0.05, 0) is 44.2 Å². The van der Waals surface area contributed by atoms with Gasteiger partial charge in [0.2, 0.25) is 0 Å². The van der Waals surface area contributed by atoms with Gasteiger partial charge in [-0.15, -0.1) is 0 Å². The maximum atomic E-state index is 12.6. The summed E-state index contributed by atoms with van der Waals surface area (Å²) in [5.74, 6) is 1.14. The smallest absolute Gasteiger partial charge is 0.269 e. The van der Waals surface area contributed by atoms with E-state index in [0.29, 0.717) is 17.7 Å². The molecule has 124 valence electrons. The van der Waals surface area contributed by atoms with Gasteiger partial charge in [-0.2, -0.15) is 0 Å². The van der Waals surface area contributed by atoms with Gasteiger partial charge >= 0.3 is 0 Å². The van der Waals surface area contributed by atoms with E-state index < -0.39 is 4.92 Å². The number of hydrogen-bond acceptors (Lipinski definition) is 4. The Bertz CT molecular complexity index is 587. The van der Waals surface area contributed by atoms with Gasteiger partial charge in [0.1, 0.15) is 5.75 Å². The number of non-ortho nitro benzene ring substituents is 1. The van der Waals surface area contributed by atoms with E-state index in [0.717, 1.165) is 12.8 Å². The molecule has 3 rings (SSSR count). The zero-order chi connectivity index (χ0) is 16.4. The highest BCUT2D eigenvalue weighted by Crippen LogP contribution is 2.39. The number of rotatable bonds is 4. The largest absolute Gasteiger partial charge is 0.484 e. The number of nitro groups is 1. The first-order valence-electron chi connectivity index (χ1n) is 8.24. The molecule has 1 aromatic rings. The summed E-state index contributed by atoms with van der Waals surface area (Å²) in [6.45, 7) is 2.10. The molecule has 3 unspecified atom stereocenters. The van der Waals surface area contributed by atoms with E-state index >= 15 is 0 Å². The highest BCUT2D eigenvalue weighted by Gasteiger charge is 2.42. The second kappa shape index (κ2) is 6.56. The fourth-order valence-corrected chi connectivity index (χ4v) is 4.02. The number of amides is 1. The van der Waals surface area contributed by atoms with Crippen LogP contribution >= 0.6 is 0 Å². The second-order valence-electron chi connectivity index (χ2n) is 6.54. The second-order valence-corrected chi connectivity index (χ2v) is 6.54. The Morgan fingerprint density at radius 1 is 1.30 bits per heavy atom. The standard InChI is InChI=1S/C17H22N2O4/c1-12-10-13-4-2-3-5-16(13)18(12)17(20)11-23-15-8-6-14(7-9-15)19(21)22/h6-9,12-13,16H,2-5,10-11H2,1H3. The lowest BCUT2D eigenvalue weighted by molar-refractivity contribution is -0.384. The van der Waals surface area contributed by atoms with E-state index in [9.17, 15) is 14.9 Å². The lowest BCUT2D eigenvalue weighted by atomic mass is 9.85. The van der Waals surface area contributed by atoms with Gasteiger partial charge in [0.15, 0.2) is 6.61 Å². The van der Waals surface area contributed by atoms with Gasteiger partial charge in [0.05, 0.1) is 4.92 Å². The number of ether oxygens (including phenoxy) is 1. The number of likely N-dealkylation sites (tertiary alicyclic amines) is 1. The monoisotopic (exact) mass is 318 g/mol. The molecular formula is C17H22N2O4. The maximum absolute atomic E-state index is 12.6. The highest BCUT2D eigenvalue weighted by molar-refractivity contribution is 5.79. The summed E-state index contributed by atoms with van der Waals surface area (Å²) in [5, 5.41) is 10.6. The third-order valence-electron chi connectivity index (χ3n) is 5.04. The molecule has 1 aliphatic carbocycles. The predicted octanol–water partition coefficient (Wildman–Crippen LogP) is 3.15. The van der Waals surface area contributed by atoms with E-state index in [1.807, 2.05) is 4.90 Å². The van der Waals surface area contributed by atoms with E-state index in [4.69, 9.17) is 4.74 Å². The molecule has 6 heteroatoms. The van der Waals surface area contributed by atoms with Crippen LogP contribution in [0.2, 0.25) is 0 Å². The van der Waals surface area contributed by atoms with Crippen molar-refractivity contribution >= 4 is 11.6 Å². The van der Waals surface area contributed by atoms with Crippen LogP contribution in [0, 0.1) is 16.0 Å². The number of nitrogens with zero attached hydrogens (tertiary/aromatic N) is 2. The van der Waals surface area contributed by atoms with Crippen LogP contribution in [0.1, 0.15) is 39.0 Å². The van der Waals surface area contributed by atoms with Crippen LogP contribution in [0.15, 0.2) is 24.3 Å². The minimum absolute atomic E-state index is 0.00856. The summed E-state index contributed by atoms with van der Waals surface area (Å²) >= 11 is 0. The van der Waals surface area contributed by atoms with E-state index in [-0.39, 0.29) is 24.2 Å². The summed E-state index contributed by atoms with van der Waals surface area (Å²) in [6, 6.07) is 6.47. The zero-order valence-electron chi connectivity index (χ0n) is 13.3. The van der Waals surface area contributed by atoms with Crippen LogP contribution < -0.4 is 4.74 Å².